The average molecular weight is 704 g/mol. The Hall–Kier alpha value is -2.96. The number of rotatable bonds is 13. The molecule has 0 aromatic carbocycles. The Balaban J connectivity index is 1.35. The molecule has 0 spiro atoms. The van der Waals surface area contributed by atoms with E-state index in [4.69, 9.17) is 0 Å². The van der Waals surface area contributed by atoms with Gasteiger partial charge in [-0.2, -0.15) is 0 Å². The van der Waals surface area contributed by atoms with E-state index in [1.165, 1.54) is 6.08 Å². The predicted molar refractivity (Wildman–Crippen MR) is 186 cm³/mol. The summed E-state index contributed by atoms with van der Waals surface area (Å²) in [6, 6.07) is -3.42. The van der Waals surface area contributed by atoms with Crippen LogP contribution in [-0.2, 0) is 29.0 Å². The summed E-state index contributed by atoms with van der Waals surface area (Å²) in [6.45, 7) is 9.64. The number of amides is 5. The molecule has 3 saturated carbocycles. The van der Waals surface area contributed by atoms with Crippen molar-refractivity contribution in [3.05, 3.63) is 12.7 Å². The van der Waals surface area contributed by atoms with E-state index < -0.39 is 67.8 Å². The first-order valence-corrected chi connectivity index (χ1v) is 20.2. The molecule has 3 aliphatic carbocycles. The zero-order valence-corrected chi connectivity index (χ0v) is 30.4. The molecule has 2 aliphatic heterocycles. The van der Waals surface area contributed by atoms with Crippen molar-refractivity contribution in [1.82, 2.24) is 26.2 Å². The minimum Gasteiger partial charge on any atom is -0.346 e. The second-order valence-electron chi connectivity index (χ2n) is 16.3. The van der Waals surface area contributed by atoms with Gasteiger partial charge in [-0.1, -0.05) is 65.4 Å². The lowest BCUT2D eigenvalue weighted by molar-refractivity contribution is -0.144. The predicted octanol–water partition coefficient (Wildman–Crippen LogP) is 3.15. The molecule has 5 rings (SSSR count). The summed E-state index contributed by atoms with van der Waals surface area (Å²) in [5.74, 6) is -1.68. The van der Waals surface area contributed by atoms with Crippen LogP contribution in [0.3, 0.4) is 0 Å². The number of ketones is 1. The lowest BCUT2D eigenvalue weighted by Crippen LogP contribution is -2.65. The Bertz CT molecular complexity index is 1400. The smallest absolute Gasteiger partial charge is 0.315 e. The molecule has 0 radical (unpaired) electrons. The lowest BCUT2D eigenvalue weighted by atomic mass is 9.78. The van der Waals surface area contributed by atoms with E-state index in [0.29, 0.717) is 44.6 Å². The van der Waals surface area contributed by atoms with E-state index in [9.17, 15) is 32.4 Å². The van der Waals surface area contributed by atoms with Gasteiger partial charge in [0.05, 0.1) is 22.6 Å². The molecule has 4 N–H and O–H groups in total. The normalized spacial score (nSPS) is 28.5. The molecule has 6 atom stereocenters. The van der Waals surface area contributed by atoms with Gasteiger partial charge in [-0.05, 0) is 74.5 Å². The van der Waals surface area contributed by atoms with Gasteiger partial charge in [-0.3, -0.25) is 19.2 Å². The maximum absolute atomic E-state index is 14.5. The molecule has 12 nitrogen and oxygen atoms in total. The molecule has 274 valence electrons. The van der Waals surface area contributed by atoms with Gasteiger partial charge in [0.15, 0.2) is 9.84 Å². The third kappa shape index (κ3) is 8.51. The SMILES string of the molecule is C=CCNC(=O)C(=O)[C@H](CCC1CC1)NC(=O)[C@@H]1[C@H]2CCC[C@H]2CN1C(=O)[C@@H](NC(=O)NC1([C@@H]2CCCS2(=O)=O)CCCCC1)C(C)(C)C. The van der Waals surface area contributed by atoms with Gasteiger partial charge >= 0.3 is 6.03 Å². The highest BCUT2D eigenvalue weighted by Crippen LogP contribution is 2.44. The van der Waals surface area contributed by atoms with Crippen LogP contribution in [0.2, 0.25) is 0 Å². The Morgan fingerprint density at radius 2 is 1.65 bits per heavy atom. The zero-order valence-electron chi connectivity index (χ0n) is 29.6. The van der Waals surface area contributed by atoms with Crippen LogP contribution in [0.25, 0.3) is 0 Å². The van der Waals surface area contributed by atoms with Gasteiger partial charge in [0.2, 0.25) is 17.6 Å². The summed E-state index contributed by atoms with van der Waals surface area (Å²) in [7, 11) is -3.35. The number of hydrogen-bond donors (Lipinski definition) is 4. The van der Waals surface area contributed by atoms with Crippen LogP contribution in [0.15, 0.2) is 12.7 Å². The number of sulfone groups is 1. The first-order chi connectivity index (χ1) is 23.2. The standard InChI is InChI=1S/C36H57N5O7S/c1-5-20-37-32(44)29(42)26(17-16-23-14-15-23)38-31(43)28-25-12-9-11-24(25)22-41(28)33(45)30(35(2,3)4)39-34(46)40-36(18-7-6-8-19-36)27-13-10-21-49(27,47)48/h5,23-28,30H,1,6-22H2,2-4H3,(H,37,44)(H,38,43)(H2,39,40,46)/t24-,25-,26-,27-,28-,30+/m0/s1. The summed E-state index contributed by atoms with van der Waals surface area (Å²) in [5, 5.41) is 10.8. The summed E-state index contributed by atoms with van der Waals surface area (Å²) >= 11 is 0. The molecule has 0 aromatic rings. The fourth-order valence-corrected chi connectivity index (χ4v) is 11.3. The molecule has 2 heterocycles. The Kier molecular flexibility index (Phi) is 11.5. The zero-order chi connectivity index (χ0) is 35.6. The van der Waals surface area contributed by atoms with Gasteiger partial charge in [0.1, 0.15) is 12.1 Å². The van der Waals surface area contributed by atoms with Crippen molar-refractivity contribution < 1.29 is 32.4 Å². The molecule has 5 fully saturated rings. The van der Waals surface area contributed by atoms with Gasteiger partial charge < -0.3 is 26.2 Å². The van der Waals surface area contributed by atoms with Gasteiger partial charge in [-0.15, -0.1) is 6.58 Å². The number of nitrogens with zero attached hydrogens (tertiary/aromatic N) is 1. The second kappa shape index (κ2) is 15.1. The Morgan fingerprint density at radius 1 is 0.939 bits per heavy atom. The number of Topliss-reactive ketones (excluding diaryl/α,β-unsaturated/α-hetero) is 1. The topological polar surface area (TPSA) is 171 Å². The number of fused-ring (bicyclic) bond motifs is 1. The van der Waals surface area contributed by atoms with Crippen molar-refractivity contribution in [2.24, 2.45) is 23.2 Å². The lowest BCUT2D eigenvalue weighted by Gasteiger charge is -2.43. The number of carbonyl (C=O) groups is 5. The number of likely N-dealkylation sites (tertiary alicyclic amines) is 1. The fourth-order valence-electron chi connectivity index (χ4n) is 8.94. The van der Waals surface area contributed by atoms with Crippen LogP contribution in [0.1, 0.15) is 111 Å². The van der Waals surface area contributed by atoms with Gasteiger partial charge in [0, 0.05) is 13.1 Å². The van der Waals surface area contributed by atoms with E-state index in [2.05, 4.69) is 27.8 Å². The molecule has 49 heavy (non-hydrogen) atoms. The highest BCUT2D eigenvalue weighted by molar-refractivity contribution is 7.92. The van der Waals surface area contributed by atoms with Crippen molar-refractivity contribution in [2.45, 2.75) is 140 Å². The molecule has 0 unspecified atom stereocenters. The van der Waals surface area contributed by atoms with E-state index in [1.807, 2.05) is 20.8 Å². The van der Waals surface area contributed by atoms with Crippen molar-refractivity contribution >= 4 is 39.4 Å². The van der Waals surface area contributed by atoms with Crippen LogP contribution >= 0.6 is 0 Å². The third-order valence-corrected chi connectivity index (χ3v) is 14.1. The molecule has 13 heteroatoms. The Morgan fingerprint density at radius 3 is 2.27 bits per heavy atom. The minimum atomic E-state index is -3.35. The highest BCUT2D eigenvalue weighted by atomic mass is 32.2. The summed E-state index contributed by atoms with van der Waals surface area (Å²) < 4.78 is 26.1. The van der Waals surface area contributed by atoms with Crippen LogP contribution in [-0.4, -0.2) is 90.6 Å². The molecular weight excluding hydrogens is 646 g/mol. The van der Waals surface area contributed by atoms with E-state index in [1.54, 1.807) is 4.90 Å². The first-order valence-electron chi connectivity index (χ1n) is 18.5. The van der Waals surface area contributed by atoms with Crippen LogP contribution in [0.4, 0.5) is 4.79 Å². The number of urea groups is 1. The largest absolute Gasteiger partial charge is 0.346 e. The molecule has 5 amide bonds. The molecule has 0 aromatic heterocycles. The van der Waals surface area contributed by atoms with E-state index in [0.717, 1.165) is 57.8 Å². The molecule has 0 bridgehead atoms. The maximum atomic E-state index is 14.5. The molecule has 2 saturated heterocycles. The third-order valence-electron chi connectivity index (χ3n) is 11.7. The maximum Gasteiger partial charge on any atom is 0.315 e. The van der Waals surface area contributed by atoms with Crippen LogP contribution < -0.4 is 21.3 Å². The Labute approximate surface area is 291 Å². The average Bonchev–Trinajstić information content (AvgIpc) is 3.45. The minimum absolute atomic E-state index is 0.0924. The number of nitrogens with one attached hydrogen (secondary N) is 4. The highest BCUT2D eigenvalue weighted by Gasteiger charge is 2.53. The van der Waals surface area contributed by atoms with Crippen LogP contribution in [0.5, 0.6) is 0 Å². The van der Waals surface area contributed by atoms with Gasteiger partial charge in [0.25, 0.3) is 5.91 Å². The summed E-state index contributed by atoms with van der Waals surface area (Å²) in [6.07, 6.45) is 12.1. The quantitative estimate of drug-likeness (QED) is 0.169. The number of carbonyl (C=O) groups excluding carboxylic acids is 5. The van der Waals surface area contributed by atoms with Crippen molar-refractivity contribution in [3.8, 4) is 0 Å². The van der Waals surface area contributed by atoms with Crippen LogP contribution in [0, 0.1) is 23.2 Å². The summed E-state index contributed by atoms with van der Waals surface area (Å²) in [5.41, 5.74) is -1.62. The second-order valence-corrected chi connectivity index (χ2v) is 18.7. The summed E-state index contributed by atoms with van der Waals surface area (Å²) in [4.78, 5) is 70.0. The molecule has 5 aliphatic rings. The monoisotopic (exact) mass is 703 g/mol. The first kappa shape index (κ1) is 37.3. The molecular formula is C36H57N5O7S. The van der Waals surface area contributed by atoms with Crippen molar-refractivity contribution in [1.29, 1.82) is 0 Å². The van der Waals surface area contributed by atoms with Gasteiger partial charge in [-0.25, -0.2) is 13.2 Å². The van der Waals surface area contributed by atoms with E-state index >= 15 is 0 Å². The van der Waals surface area contributed by atoms with E-state index in [-0.39, 0.29) is 30.0 Å². The van der Waals surface area contributed by atoms with Crippen molar-refractivity contribution in [3.63, 3.8) is 0 Å². The fraction of sp³-hybridized carbons (Fsp3) is 0.806. The number of hydrogen-bond acceptors (Lipinski definition) is 7. The van der Waals surface area contributed by atoms with Crippen molar-refractivity contribution in [2.75, 3.05) is 18.8 Å².